The quantitative estimate of drug-likeness (QED) is 0.889. The first-order valence-corrected chi connectivity index (χ1v) is 7.01. The Morgan fingerprint density at radius 3 is 2.90 bits per heavy atom. The molecular formula is C15H21ClN2O2. The van der Waals surface area contributed by atoms with Crippen molar-refractivity contribution in [3.8, 4) is 5.75 Å². The first kappa shape index (κ1) is 15.1. The summed E-state index contributed by atoms with van der Waals surface area (Å²) in [6.45, 7) is 2.80. The van der Waals surface area contributed by atoms with Crippen molar-refractivity contribution in [2.24, 2.45) is 5.92 Å². The molecule has 1 aromatic rings. The summed E-state index contributed by atoms with van der Waals surface area (Å²) in [5.41, 5.74) is 2.31. The minimum atomic E-state index is 0. The van der Waals surface area contributed by atoms with Gasteiger partial charge in [-0.2, -0.15) is 0 Å². The molecule has 110 valence electrons. The lowest BCUT2D eigenvalue weighted by Crippen LogP contribution is -2.41. The first-order chi connectivity index (χ1) is 9.22. The van der Waals surface area contributed by atoms with Crippen LogP contribution in [0.5, 0.6) is 5.75 Å². The molecule has 0 atom stereocenters. The molecule has 1 aliphatic heterocycles. The Balaban J connectivity index is 0.00000147. The molecule has 0 saturated heterocycles. The number of hydrogen-bond donors (Lipinski definition) is 2. The van der Waals surface area contributed by atoms with Crippen LogP contribution in [-0.4, -0.2) is 35.5 Å². The van der Waals surface area contributed by atoms with Gasteiger partial charge in [0.1, 0.15) is 5.75 Å². The summed E-state index contributed by atoms with van der Waals surface area (Å²) in [5.74, 6) is 1.24. The molecule has 1 amide bonds. The molecule has 2 N–H and O–H groups in total. The lowest BCUT2D eigenvalue weighted by Gasteiger charge is -2.29. The van der Waals surface area contributed by atoms with Crippen molar-refractivity contribution < 1.29 is 9.90 Å². The maximum absolute atomic E-state index is 12.1. The highest BCUT2D eigenvalue weighted by atomic mass is 35.5. The summed E-state index contributed by atoms with van der Waals surface area (Å²) in [7, 11) is 0. The molecule has 3 rings (SSSR count). The summed E-state index contributed by atoms with van der Waals surface area (Å²) >= 11 is 0. The molecular weight excluding hydrogens is 276 g/mol. The van der Waals surface area contributed by atoms with Crippen molar-refractivity contribution in [3.63, 3.8) is 0 Å². The van der Waals surface area contributed by atoms with E-state index in [0.29, 0.717) is 13.1 Å². The second-order valence-corrected chi connectivity index (χ2v) is 5.59. The van der Waals surface area contributed by atoms with Gasteiger partial charge in [0.05, 0.1) is 6.54 Å². The Hall–Kier alpha value is -1.26. The van der Waals surface area contributed by atoms with Gasteiger partial charge in [0.15, 0.2) is 0 Å². The average Bonchev–Trinajstić information content (AvgIpc) is 3.22. The molecule has 0 bridgehead atoms. The summed E-state index contributed by atoms with van der Waals surface area (Å²) in [6.07, 6.45) is 3.49. The number of amides is 1. The molecule has 1 heterocycles. The Labute approximate surface area is 125 Å². The number of aromatic hydroxyl groups is 1. The van der Waals surface area contributed by atoms with Gasteiger partial charge < -0.3 is 15.3 Å². The molecule has 0 aromatic heterocycles. The third kappa shape index (κ3) is 3.64. The molecule has 1 saturated carbocycles. The lowest BCUT2D eigenvalue weighted by molar-refractivity contribution is -0.131. The van der Waals surface area contributed by atoms with Gasteiger partial charge >= 0.3 is 0 Å². The van der Waals surface area contributed by atoms with E-state index in [1.807, 2.05) is 11.0 Å². The monoisotopic (exact) mass is 296 g/mol. The van der Waals surface area contributed by atoms with Crippen molar-refractivity contribution in [2.45, 2.75) is 25.8 Å². The molecule has 4 nitrogen and oxygen atoms in total. The number of phenols is 1. The second kappa shape index (κ2) is 6.46. The molecule has 2 aliphatic rings. The number of hydrogen-bond acceptors (Lipinski definition) is 3. The first-order valence-electron chi connectivity index (χ1n) is 7.01. The number of carbonyl (C=O) groups excluding carboxylic acids is 1. The van der Waals surface area contributed by atoms with Crippen LogP contribution in [0.2, 0.25) is 0 Å². The highest BCUT2D eigenvalue weighted by molar-refractivity contribution is 5.85. The zero-order chi connectivity index (χ0) is 13.2. The van der Waals surface area contributed by atoms with Crippen molar-refractivity contribution in [1.29, 1.82) is 0 Å². The van der Waals surface area contributed by atoms with Crippen LogP contribution in [0.25, 0.3) is 0 Å². The van der Waals surface area contributed by atoms with Crippen molar-refractivity contribution in [1.82, 2.24) is 10.2 Å². The topological polar surface area (TPSA) is 52.6 Å². The molecule has 0 spiro atoms. The van der Waals surface area contributed by atoms with E-state index in [1.165, 1.54) is 18.4 Å². The van der Waals surface area contributed by atoms with Crippen molar-refractivity contribution in [3.05, 3.63) is 29.3 Å². The number of benzene rings is 1. The number of nitrogens with one attached hydrogen (secondary N) is 1. The van der Waals surface area contributed by atoms with Crippen LogP contribution in [0.1, 0.15) is 24.0 Å². The maximum atomic E-state index is 12.1. The van der Waals surface area contributed by atoms with Crippen LogP contribution in [0.4, 0.5) is 0 Å². The summed E-state index contributed by atoms with van der Waals surface area (Å²) in [6, 6.07) is 5.44. The minimum absolute atomic E-state index is 0. The third-order valence-electron chi connectivity index (χ3n) is 3.96. The number of carbonyl (C=O) groups is 1. The summed E-state index contributed by atoms with van der Waals surface area (Å²) in [5, 5.41) is 12.7. The highest BCUT2D eigenvalue weighted by Crippen LogP contribution is 2.27. The van der Waals surface area contributed by atoms with Crippen molar-refractivity contribution >= 4 is 18.3 Å². The number of nitrogens with zero attached hydrogens (tertiary/aromatic N) is 1. The van der Waals surface area contributed by atoms with Crippen LogP contribution in [-0.2, 0) is 17.8 Å². The van der Waals surface area contributed by atoms with Gasteiger partial charge in [0.2, 0.25) is 5.91 Å². The smallest absolute Gasteiger partial charge is 0.236 e. The fourth-order valence-corrected chi connectivity index (χ4v) is 2.57. The zero-order valence-corrected chi connectivity index (χ0v) is 12.3. The van der Waals surface area contributed by atoms with Gasteiger partial charge in [-0.3, -0.25) is 4.79 Å². The molecule has 1 fully saturated rings. The van der Waals surface area contributed by atoms with Gasteiger partial charge in [-0.05, 0) is 55.0 Å². The summed E-state index contributed by atoms with van der Waals surface area (Å²) in [4.78, 5) is 14.0. The Morgan fingerprint density at radius 2 is 2.15 bits per heavy atom. The van der Waals surface area contributed by atoms with Gasteiger partial charge in [-0.15, -0.1) is 12.4 Å². The van der Waals surface area contributed by atoms with Gasteiger partial charge in [0, 0.05) is 13.1 Å². The van der Waals surface area contributed by atoms with Crippen molar-refractivity contribution in [2.75, 3.05) is 19.6 Å². The standard InChI is InChI=1S/C15H20N2O2.ClH/c18-14-4-3-12-5-6-17(10-13(12)7-14)15(19)9-16-8-11-1-2-11;/h3-4,7,11,16,18H,1-2,5-6,8-10H2;1H. The number of rotatable bonds is 4. The van der Waals surface area contributed by atoms with E-state index in [-0.39, 0.29) is 24.1 Å². The fourth-order valence-electron chi connectivity index (χ4n) is 2.57. The Morgan fingerprint density at radius 1 is 1.35 bits per heavy atom. The van der Waals surface area contributed by atoms with Crippen LogP contribution in [0.3, 0.4) is 0 Å². The van der Waals surface area contributed by atoms with E-state index in [1.54, 1.807) is 12.1 Å². The van der Waals surface area contributed by atoms with Gasteiger partial charge in [-0.1, -0.05) is 6.07 Å². The summed E-state index contributed by atoms with van der Waals surface area (Å²) < 4.78 is 0. The van der Waals surface area contributed by atoms with Crippen LogP contribution in [0.15, 0.2) is 18.2 Å². The SMILES string of the molecule is Cl.O=C(CNCC1CC1)N1CCc2ccc(O)cc2C1. The second-order valence-electron chi connectivity index (χ2n) is 5.59. The molecule has 0 radical (unpaired) electrons. The minimum Gasteiger partial charge on any atom is -0.508 e. The Kier molecular flexibility index (Phi) is 4.89. The molecule has 5 heteroatoms. The normalized spacial score (nSPS) is 17.3. The lowest BCUT2D eigenvalue weighted by atomic mass is 9.99. The molecule has 0 unspecified atom stereocenters. The largest absolute Gasteiger partial charge is 0.508 e. The number of fused-ring (bicyclic) bond motifs is 1. The van der Waals surface area contributed by atoms with E-state index >= 15 is 0 Å². The van der Waals surface area contributed by atoms with E-state index < -0.39 is 0 Å². The van der Waals surface area contributed by atoms with Gasteiger partial charge in [0.25, 0.3) is 0 Å². The maximum Gasteiger partial charge on any atom is 0.236 e. The third-order valence-corrected chi connectivity index (χ3v) is 3.96. The van der Waals surface area contributed by atoms with E-state index in [9.17, 15) is 9.90 Å². The van der Waals surface area contributed by atoms with Crippen LogP contribution in [0, 0.1) is 5.92 Å². The highest BCUT2D eigenvalue weighted by Gasteiger charge is 2.23. The number of halogens is 1. The van der Waals surface area contributed by atoms with E-state index in [4.69, 9.17) is 0 Å². The predicted octanol–water partition coefficient (Wildman–Crippen LogP) is 1.70. The average molecular weight is 297 g/mol. The van der Waals surface area contributed by atoms with Gasteiger partial charge in [-0.25, -0.2) is 0 Å². The van der Waals surface area contributed by atoms with E-state index in [0.717, 1.165) is 31.0 Å². The van der Waals surface area contributed by atoms with E-state index in [2.05, 4.69) is 5.32 Å². The molecule has 1 aliphatic carbocycles. The predicted molar refractivity (Wildman–Crippen MR) is 80.1 cm³/mol. The number of phenolic OH excluding ortho intramolecular Hbond substituents is 1. The van der Waals surface area contributed by atoms with Crippen LogP contribution < -0.4 is 5.32 Å². The molecule has 1 aromatic carbocycles. The van der Waals surface area contributed by atoms with Crippen LogP contribution >= 0.6 is 12.4 Å². The fraction of sp³-hybridized carbons (Fsp3) is 0.533. The molecule has 20 heavy (non-hydrogen) atoms. The Bertz CT molecular complexity index is 489. The zero-order valence-electron chi connectivity index (χ0n) is 11.5.